The summed E-state index contributed by atoms with van der Waals surface area (Å²) < 4.78 is 0. The number of nitrogens with zero attached hydrogens (tertiary/aromatic N) is 6. The molecule has 196 valence electrons. The molecule has 40 heavy (non-hydrogen) atoms. The van der Waals surface area contributed by atoms with Gasteiger partial charge in [0.1, 0.15) is 22.8 Å². The summed E-state index contributed by atoms with van der Waals surface area (Å²) in [6, 6.07) is 38.6. The molecule has 10 heteroatoms. The lowest BCUT2D eigenvalue weighted by Crippen LogP contribution is -2.26. The van der Waals surface area contributed by atoms with E-state index >= 15 is 0 Å². The van der Waals surface area contributed by atoms with E-state index in [1.54, 1.807) is 0 Å². The van der Waals surface area contributed by atoms with Gasteiger partial charge in [-0.1, -0.05) is 121 Å². The first-order valence-electron chi connectivity index (χ1n) is 12.3. The molecule has 0 unspecified atom stereocenters. The Morgan fingerprint density at radius 3 is 0.925 bits per heavy atom. The molecule has 0 aromatic heterocycles. The van der Waals surface area contributed by atoms with E-state index < -0.39 is 0 Å². The molecule has 4 aromatic carbocycles. The SMILES string of the molecule is S/C1=N/N=C(c2ccccc2)/C(c2ccccc2)=N/N=C(/S)N/N=C(c2ccccc2)/C(c2ccccc2)=N/N1. The molecule has 0 fully saturated rings. The molecule has 0 atom stereocenters. The molecule has 0 saturated carbocycles. The van der Waals surface area contributed by atoms with Gasteiger partial charge in [0, 0.05) is 22.3 Å². The molecule has 0 spiro atoms. The van der Waals surface area contributed by atoms with Crippen LogP contribution in [-0.2, 0) is 0 Å². The topological polar surface area (TPSA) is 98.2 Å². The van der Waals surface area contributed by atoms with Crippen molar-refractivity contribution in [1.82, 2.24) is 10.9 Å². The lowest BCUT2D eigenvalue weighted by molar-refractivity contribution is 1.01. The lowest BCUT2D eigenvalue weighted by Gasteiger charge is -2.13. The van der Waals surface area contributed by atoms with Crippen LogP contribution >= 0.6 is 25.3 Å². The second kappa shape index (κ2) is 13.3. The molecule has 0 aliphatic carbocycles. The maximum atomic E-state index is 4.64. The van der Waals surface area contributed by atoms with Gasteiger partial charge in [-0.05, 0) is 0 Å². The molecule has 0 bridgehead atoms. The van der Waals surface area contributed by atoms with Gasteiger partial charge in [0.25, 0.3) is 0 Å². The van der Waals surface area contributed by atoms with Crippen LogP contribution in [0.5, 0.6) is 0 Å². The standard InChI is InChI=1S/C30H24N8S2/c39-29-35-31-25(21-13-5-1-6-14-21)26(22-15-7-2-8-16-22)32-36-30(40)38-34-28(24-19-11-4-12-20-24)27(33-37-29)23-17-9-3-10-18-23/h1-20H,(H2,35,37,39)(H2,36,38,40)/b31-25+,32-26+,33-27+,34-28+. The van der Waals surface area contributed by atoms with Crippen LogP contribution in [0.1, 0.15) is 22.3 Å². The minimum absolute atomic E-state index is 0.171. The maximum absolute atomic E-state index is 4.64. The van der Waals surface area contributed by atoms with E-state index in [0.717, 1.165) is 22.3 Å². The zero-order chi connectivity index (χ0) is 27.6. The number of amidine groups is 2. The van der Waals surface area contributed by atoms with Gasteiger partial charge in [-0.25, -0.2) is 0 Å². The minimum atomic E-state index is 0.171. The lowest BCUT2D eigenvalue weighted by atomic mass is 10.00. The average Bonchev–Trinajstić information content (AvgIpc) is 3.01. The van der Waals surface area contributed by atoms with Crippen molar-refractivity contribution in [3.05, 3.63) is 144 Å². The number of benzene rings is 4. The van der Waals surface area contributed by atoms with Gasteiger partial charge in [0.15, 0.2) is 10.3 Å². The second-order valence-corrected chi connectivity index (χ2v) is 9.20. The fourth-order valence-electron chi connectivity index (χ4n) is 3.83. The van der Waals surface area contributed by atoms with Crippen LogP contribution in [0.25, 0.3) is 0 Å². The molecule has 1 aliphatic rings. The first-order valence-corrected chi connectivity index (χ1v) is 13.2. The van der Waals surface area contributed by atoms with Crippen molar-refractivity contribution >= 4 is 58.4 Å². The van der Waals surface area contributed by atoms with Crippen LogP contribution in [0.2, 0.25) is 0 Å². The van der Waals surface area contributed by atoms with Crippen molar-refractivity contribution in [2.24, 2.45) is 30.6 Å². The van der Waals surface area contributed by atoms with Crippen LogP contribution < -0.4 is 10.9 Å². The highest BCUT2D eigenvalue weighted by atomic mass is 32.1. The predicted molar refractivity (Wildman–Crippen MR) is 171 cm³/mol. The quantitative estimate of drug-likeness (QED) is 0.253. The Morgan fingerprint density at radius 1 is 0.350 bits per heavy atom. The highest BCUT2D eigenvalue weighted by Crippen LogP contribution is 2.13. The van der Waals surface area contributed by atoms with E-state index in [0.29, 0.717) is 22.8 Å². The van der Waals surface area contributed by atoms with Gasteiger partial charge in [-0.3, -0.25) is 10.9 Å². The third kappa shape index (κ3) is 6.79. The zero-order valence-electron chi connectivity index (χ0n) is 21.1. The number of nitrogens with one attached hydrogen (secondary N) is 2. The van der Waals surface area contributed by atoms with Crippen LogP contribution in [0.15, 0.2) is 152 Å². The third-order valence-electron chi connectivity index (χ3n) is 5.66. The van der Waals surface area contributed by atoms with Crippen molar-refractivity contribution < 1.29 is 0 Å². The Hall–Kier alpha value is -4.80. The van der Waals surface area contributed by atoms with E-state index in [-0.39, 0.29) is 10.3 Å². The van der Waals surface area contributed by atoms with Crippen molar-refractivity contribution in [3.63, 3.8) is 0 Å². The maximum Gasteiger partial charge on any atom is 0.200 e. The predicted octanol–water partition coefficient (Wildman–Crippen LogP) is 5.37. The van der Waals surface area contributed by atoms with Crippen molar-refractivity contribution in [2.45, 2.75) is 0 Å². The van der Waals surface area contributed by atoms with Crippen molar-refractivity contribution in [3.8, 4) is 0 Å². The smallest absolute Gasteiger partial charge is 0.200 e. The normalized spacial score (nSPS) is 22.4. The number of hydrogen-bond acceptors (Lipinski definition) is 8. The van der Waals surface area contributed by atoms with Gasteiger partial charge in [0.2, 0.25) is 0 Å². The second-order valence-electron chi connectivity index (χ2n) is 8.35. The molecule has 0 radical (unpaired) electrons. The summed E-state index contributed by atoms with van der Waals surface area (Å²) in [5.74, 6) is 0. The summed E-state index contributed by atoms with van der Waals surface area (Å²) in [6.07, 6.45) is 0. The Bertz CT molecular complexity index is 1510. The highest BCUT2D eigenvalue weighted by Gasteiger charge is 2.18. The molecule has 5 rings (SSSR count). The Morgan fingerprint density at radius 2 is 0.625 bits per heavy atom. The summed E-state index contributed by atoms with van der Waals surface area (Å²) >= 11 is 9.03. The minimum Gasteiger partial charge on any atom is -0.254 e. The van der Waals surface area contributed by atoms with Crippen LogP contribution in [0.3, 0.4) is 0 Å². The molecule has 4 aromatic rings. The molecule has 1 aliphatic heterocycles. The van der Waals surface area contributed by atoms with Gasteiger partial charge in [-0.2, -0.15) is 10.2 Å². The van der Waals surface area contributed by atoms with Crippen LogP contribution in [-0.4, -0.2) is 33.2 Å². The summed E-state index contributed by atoms with van der Waals surface area (Å²) in [6.45, 7) is 0. The van der Waals surface area contributed by atoms with E-state index in [4.69, 9.17) is 0 Å². The van der Waals surface area contributed by atoms with E-state index in [1.165, 1.54) is 0 Å². The van der Waals surface area contributed by atoms with Crippen molar-refractivity contribution in [2.75, 3.05) is 0 Å². The van der Waals surface area contributed by atoms with Gasteiger partial charge in [0.05, 0.1) is 0 Å². The fraction of sp³-hybridized carbons (Fsp3) is 0. The Kier molecular flexibility index (Phi) is 8.92. The number of hydrazone groups is 2. The van der Waals surface area contributed by atoms with Crippen LogP contribution in [0.4, 0.5) is 0 Å². The van der Waals surface area contributed by atoms with Gasteiger partial charge >= 0.3 is 0 Å². The van der Waals surface area contributed by atoms with Gasteiger partial charge < -0.3 is 0 Å². The zero-order valence-corrected chi connectivity index (χ0v) is 22.9. The molecule has 0 saturated heterocycles. The first kappa shape index (κ1) is 26.8. The summed E-state index contributed by atoms with van der Waals surface area (Å²) in [5.41, 5.74) is 11.1. The summed E-state index contributed by atoms with van der Waals surface area (Å²) in [4.78, 5) is 0. The molecular formula is C30H24N8S2. The third-order valence-corrected chi connectivity index (χ3v) is 6.04. The average molecular weight is 561 g/mol. The molecule has 0 amide bonds. The molecule has 1 heterocycles. The highest BCUT2D eigenvalue weighted by molar-refractivity contribution is 7.97. The molecule has 8 nitrogen and oxygen atoms in total. The first-order chi connectivity index (χ1) is 19.7. The van der Waals surface area contributed by atoms with Crippen molar-refractivity contribution in [1.29, 1.82) is 0 Å². The largest absolute Gasteiger partial charge is 0.254 e. The van der Waals surface area contributed by atoms with E-state index in [9.17, 15) is 0 Å². The summed E-state index contributed by atoms with van der Waals surface area (Å²) in [5, 5.41) is 27.4. The van der Waals surface area contributed by atoms with E-state index in [2.05, 4.69) is 66.7 Å². The fourth-order valence-corrected chi connectivity index (χ4v) is 4.02. The van der Waals surface area contributed by atoms with Crippen LogP contribution in [0, 0.1) is 0 Å². The summed E-state index contributed by atoms with van der Waals surface area (Å²) in [7, 11) is 0. The molecule has 2 N–H and O–H groups in total. The molecular weight excluding hydrogens is 537 g/mol. The van der Waals surface area contributed by atoms with Gasteiger partial charge in [-0.15, -0.1) is 45.7 Å². The number of rotatable bonds is 4. The Balaban J connectivity index is 1.69. The Labute approximate surface area is 242 Å². The van der Waals surface area contributed by atoms with E-state index in [1.807, 2.05) is 121 Å². The number of hydrogen-bond donors (Lipinski definition) is 4. The number of thiol groups is 2. The monoisotopic (exact) mass is 560 g/mol.